The summed E-state index contributed by atoms with van der Waals surface area (Å²) in [6.45, 7) is 0.217. The van der Waals surface area contributed by atoms with E-state index in [1.165, 1.54) is 0 Å². The van der Waals surface area contributed by atoms with E-state index in [0.29, 0.717) is 5.75 Å². The number of aliphatic hydroxyl groups excluding tert-OH is 1. The Morgan fingerprint density at radius 2 is 1.93 bits per heavy atom. The molecule has 0 atom stereocenters. The van der Waals surface area contributed by atoms with Gasteiger partial charge in [0.1, 0.15) is 12.4 Å². The molecule has 0 radical (unpaired) electrons. The van der Waals surface area contributed by atoms with E-state index in [9.17, 15) is 4.79 Å². The number of aliphatic carboxylic acids is 1. The molecule has 0 heterocycles. The van der Waals surface area contributed by atoms with Crippen LogP contribution in [0.2, 0.25) is 0 Å². The van der Waals surface area contributed by atoms with Gasteiger partial charge in [-0.15, -0.1) is 0 Å². The molecule has 0 aliphatic rings. The second-order valence-corrected chi connectivity index (χ2v) is 2.79. The number of hydrogen-bond donors (Lipinski definition) is 2. The zero-order chi connectivity index (χ0) is 10.4. The summed E-state index contributed by atoms with van der Waals surface area (Å²) in [5.74, 6) is -0.220. The quantitative estimate of drug-likeness (QED) is 0.726. The third kappa shape index (κ3) is 3.45. The monoisotopic (exact) mass is 196 g/mol. The minimum absolute atomic E-state index is 0.0142. The van der Waals surface area contributed by atoms with Crippen LogP contribution in [-0.4, -0.2) is 29.4 Å². The summed E-state index contributed by atoms with van der Waals surface area (Å²) < 4.78 is 5.12. The molecule has 0 bridgehead atoms. The van der Waals surface area contributed by atoms with Crippen LogP contribution in [0.4, 0.5) is 0 Å². The summed E-state index contributed by atoms with van der Waals surface area (Å²) in [6.07, 6.45) is 0.0142. The Morgan fingerprint density at radius 3 is 2.43 bits per heavy atom. The largest absolute Gasteiger partial charge is 0.491 e. The van der Waals surface area contributed by atoms with E-state index in [4.69, 9.17) is 14.9 Å². The van der Waals surface area contributed by atoms with Gasteiger partial charge in [0.25, 0.3) is 0 Å². The second-order valence-electron chi connectivity index (χ2n) is 2.79. The molecule has 0 amide bonds. The maximum atomic E-state index is 10.4. The van der Waals surface area contributed by atoms with Crippen molar-refractivity contribution in [1.82, 2.24) is 0 Å². The lowest BCUT2D eigenvalue weighted by atomic mass is 10.1. The highest BCUT2D eigenvalue weighted by Crippen LogP contribution is 2.12. The first kappa shape index (κ1) is 10.5. The summed E-state index contributed by atoms with van der Waals surface area (Å²) in [4.78, 5) is 10.4. The smallest absolute Gasteiger partial charge is 0.307 e. The zero-order valence-electron chi connectivity index (χ0n) is 7.64. The molecular formula is C10H12O4. The molecule has 1 aromatic carbocycles. The molecule has 0 saturated carbocycles. The van der Waals surface area contributed by atoms with E-state index in [1.807, 2.05) is 0 Å². The van der Waals surface area contributed by atoms with Gasteiger partial charge in [-0.1, -0.05) is 12.1 Å². The van der Waals surface area contributed by atoms with Gasteiger partial charge < -0.3 is 14.9 Å². The van der Waals surface area contributed by atoms with Crippen LogP contribution in [0.25, 0.3) is 0 Å². The van der Waals surface area contributed by atoms with Gasteiger partial charge in [0.2, 0.25) is 0 Å². The van der Waals surface area contributed by atoms with Crippen LogP contribution in [0, 0.1) is 0 Å². The Balaban J connectivity index is 2.54. The van der Waals surface area contributed by atoms with Gasteiger partial charge >= 0.3 is 5.97 Å². The number of rotatable bonds is 5. The normalized spacial score (nSPS) is 9.79. The molecule has 0 aliphatic heterocycles. The van der Waals surface area contributed by atoms with Gasteiger partial charge in [-0.3, -0.25) is 4.79 Å². The van der Waals surface area contributed by atoms with Crippen molar-refractivity contribution >= 4 is 5.97 Å². The first-order chi connectivity index (χ1) is 6.72. The third-order valence-corrected chi connectivity index (χ3v) is 1.64. The second kappa shape index (κ2) is 5.24. The Kier molecular flexibility index (Phi) is 3.94. The molecule has 14 heavy (non-hydrogen) atoms. The predicted molar refractivity (Wildman–Crippen MR) is 50.4 cm³/mol. The first-order valence-electron chi connectivity index (χ1n) is 4.27. The first-order valence-corrected chi connectivity index (χ1v) is 4.27. The average molecular weight is 196 g/mol. The lowest BCUT2D eigenvalue weighted by Gasteiger charge is -2.04. The molecule has 4 nitrogen and oxygen atoms in total. The summed E-state index contributed by atoms with van der Waals surface area (Å²) >= 11 is 0. The summed E-state index contributed by atoms with van der Waals surface area (Å²) in [5, 5.41) is 17.0. The number of carbonyl (C=O) groups is 1. The minimum atomic E-state index is -0.853. The van der Waals surface area contributed by atoms with E-state index >= 15 is 0 Å². The molecule has 1 aromatic rings. The Labute approximate surface area is 81.8 Å². The zero-order valence-corrected chi connectivity index (χ0v) is 7.64. The number of carboxylic acids is 1. The summed E-state index contributed by atoms with van der Waals surface area (Å²) in [7, 11) is 0. The predicted octanol–water partition coefficient (Wildman–Crippen LogP) is 0.685. The molecule has 1 rings (SSSR count). The van der Waals surface area contributed by atoms with Gasteiger partial charge in [0.15, 0.2) is 0 Å². The number of ether oxygens (including phenoxy) is 1. The molecule has 4 heteroatoms. The van der Waals surface area contributed by atoms with E-state index in [-0.39, 0.29) is 19.6 Å². The van der Waals surface area contributed by atoms with E-state index in [2.05, 4.69) is 0 Å². The van der Waals surface area contributed by atoms with Crippen LogP contribution in [-0.2, 0) is 11.2 Å². The molecule has 0 aromatic heterocycles. The van der Waals surface area contributed by atoms with Crippen molar-refractivity contribution in [3.63, 3.8) is 0 Å². The van der Waals surface area contributed by atoms with Crippen molar-refractivity contribution in [2.45, 2.75) is 6.42 Å². The standard InChI is InChI=1S/C10H12O4/c11-5-6-14-9-3-1-8(2-4-9)7-10(12)13/h1-4,11H,5-7H2,(H,12,13). The molecular weight excluding hydrogens is 184 g/mol. The fourth-order valence-electron chi connectivity index (χ4n) is 1.04. The van der Waals surface area contributed by atoms with Crippen molar-refractivity contribution in [1.29, 1.82) is 0 Å². The van der Waals surface area contributed by atoms with Crippen molar-refractivity contribution in [2.75, 3.05) is 13.2 Å². The summed E-state index contributed by atoms with van der Waals surface area (Å²) in [6, 6.07) is 6.77. The fourth-order valence-corrected chi connectivity index (χ4v) is 1.04. The van der Waals surface area contributed by atoms with Crippen LogP contribution in [0.15, 0.2) is 24.3 Å². The highest BCUT2D eigenvalue weighted by molar-refractivity contribution is 5.70. The number of benzene rings is 1. The molecule has 76 valence electrons. The third-order valence-electron chi connectivity index (χ3n) is 1.64. The minimum Gasteiger partial charge on any atom is -0.491 e. The highest BCUT2D eigenvalue weighted by Gasteiger charge is 2.00. The number of hydrogen-bond acceptors (Lipinski definition) is 3. The molecule has 0 aliphatic carbocycles. The van der Waals surface area contributed by atoms with Gasteiger partial charge in [-0.05, 0) is 17.7 Å². The maximum Gasteiger partial charge on any atom is 0.307 e. The van der Waals surface area contributed by atoms with Crippen LogP contribution in [0.5, 0.6) is 5.75 Å². The van der Waals surface area contributed by atoms with E-state index in [1.54, 1.807) is 24.3 Å². The van der Waals surface area contributed by atoms with Crippen molar-refractivity contribution in [3.05, 3.63) is 29.8 Å². The topological polar surface area (TPSA) is 66.8 Å². The Bertz CT molecular complexity index is 291. The number of aliphatic hydroxyl groups is 1. The van der Waals surface area contributed by atoms with E-state index < -0.39 is 5.97 Å². The van der Waals surface area contributed by atoms with Crippen LogP contribution < -0.4 is 4.74 Å². The highest BCUT2D eigenvalue weighted by atomic mass is 16.5. The SMILES string of the molecule is O=C(O)Cc1ccc(OCCO)cc1. The Morgan fingerprint density at radius 1 is 1.29 bits per heavy atom. The van der Waals surface area contributed by atoms with Crippen molar-refractivity contribution in [2.24, 2.45) is 0 Å². The molecule has 0 spiro atoms. The molecule has 2 N–H and O–H groups in total. The molecule has 0 saturated heterocycles. The molecule has 0 unspecified atom stereocenters. The Hall–Kier alpha value is -1.55. The molecule has 0 fully saturated rings. The van der Waals surface area contributed by atoms with Crippen LogP contribution in [0.3, 0.4) is 0 Å². The van der Waals surface area contributed by atoms with Crippen LogP contribution >= 0.6 is 0 Å². The van der Waals surface area contributed by atoms with Crippen molar-refractivity contribution in [3.8, 4) is 5.75 Å². The average Bonchev–Trinajstić information content (AvgIpc) is 2.16. The fraction of sp³-hybridized carbons (Fsp3) is 0.300. The van der Waals surface area contributed by atoms with Gasteiger partial charge in [-0.25, -0.2) is 0 Å². The maximum absolute atomic E-state index is 10.4. The van der Waals surface area contributed by atoms with Crippen molar-refractivity contribution < 1.29 is 19.7 Å². The van der Waals surface area contributed by atoms with E-state index in [0.717, 1.165) is 5.56 Å². The van der Waals surface area contributed by atoms with Gasteiger partial charge in [-0.2, -0.15) is 0 Å². The summed E-state index contributed by atoms with van der Waals surface area (Å²) in [5.41, 5.74) is 0.730. The van der Waals surface area contributed by atoms with Gasteiger partial charge in [0.05, 0.1) is 13.0 Å². The lowest BCUT2D eigenvalue weighted by Crippen LogP contribution is -2.02. The lowest BCUT2D eigenvalue weighted by molar-refractivity contribution is -0.136. The van der Waals surface area contributed by atoms with Crippen LogP contribution in [0.1, 0.15) is 5.56 Å². The van der Waals surface area contributed by atoms with Gasteiger partial charge in [0, 0.05) is 0 Å². The number of carboxylic acid groups (broad SMARTS) is 1.